The molecule has 0 aliphatic carbocycles. The van der Waals surface area contributed by atoms with E-state index in [-0.39, 0.29) is 0 Å². The molecule has 0 saturated carbocycles. The zero-order chi connectivity index (χ0) is 13.9. The second-order valence-corrected chi connectivity index (χ2v) is 6.79. The lowest BCUT2D eigenvalue weighted by Gasteiger charge is -2.32. The molecular formula is C15H22N4S. The maximum absolute atomic E-state index is 4.44. The number of likely N-dealkylation sites (tertiary alicyclic amines) is 1. The molecule has 3 rings (SSSR count). The summed E-state index contributed by atoms with van der Waals surface area (Å²) < 4.78 is 0. The average Bonchev–Trinajstić information content (AvgIpc) is 2.83. The predicted octanol–water partition coefficient (Wildman–Crippen LogP) is 3.29. The summed E-state index contributed by atoms with van der Waals surface area (Å²) in [6, 6.07) is 2.73. The van der Waals surface area contributed by atoms with E-state index >= 15 is 0 Å². The number of thiophene rings is 1. The summed E-state index contributed by atoms with van der Waals surface area (Å²) in [4.78, 5) is 13.7. The second kappa shape index (κ2) is 6.06. The fourth-order valence-corrected chi connectivity index (χ4v) is 3.75. The van der Waals surface area contributed by atoms with E-state index in [0.29, 0.717) is 6.04 Å². The third-order valence-corrected chi connectivity index (χ3v) is 4.88. The molecule has 1 N–H and O–H groups in total. The van der Waals surface area contributed by atoms with Gasteiger partial charge in [-0.25, -0.2) is 9.97 Å². The zero-order valence-electron chi connectivity index (χ0n) is 12.2. The van der Waals surface area contributed by atoms with E-state index in [1.165, 1.54) is 49.2 Å². The van der Waals surface area contributed by atoms with Crippen LogP contribution in [0.15, 0.2) is 12.4 Å². The number of fused-ring (bicyclic) bond motifs is 1. The van der Waals surface area contributed by atoms with E-state index in [4.69, 9.17) is 0 Å². The Balaban J connectivity index is 1.68. The molecule has 1 saturated heterocycles. The Labute approximate surface area is 124 Å². The summed E-state index contributed by atoms with van der Waals surface area (Å²) in [5.41, 5.74) is 0. The van der Waals surface area contributed by atoms with E-state index < -0.39 is 0 Å². The van der Waals surface area contributed by atoms with Gasteiger partial charge < -0.3 is 10.2 Å². The van der Waals surface area contributed by atoms with E-state index in [1.54, 1.807) is 17.7 Å². The molecule has 108 valence electrons. The molecular weight excluding hydrogens is 268 g/mol. The smallest absolute Gasteiger partial charge is 0.138 e. The Kier molecular flexibility index (Phi) is 4.17. The highest BCUT2D eigenvalue weighted by Gasteiger charge is 2.19. The van der Waals surface area contributed by atoms with Gasteiger partial charge in [0, 0.05) is 24.0 Å². The Morgan fingerprint density at radius 2 is 2.15 bits per heavy atom. The van der Waals surface area contributed by atoms with Crippen molar-refractivity contribution < 1.29 is 0 Å². The van der Waals surface area contributed by atoms with Gasteiger partial charge >= 0.3 is 0 Å². The Bertz CT molecular complexity index is 572. The van der Waals surface area contributed by atoms with E-state index in [2.05, 4.69) is 40.1 Å². The second-order valence-electron chi connectivity index (χ2n) is 5.56. The monoisotopic (exact) mass is 290 g/mol. The van der Waals surface area contributed by atoms with Gasteiger partial charge in [-0.3, -0.25) is 0 Å². The molecule has 0 spiro atoms. The van der Waals surface area contributed by atoms with Crippen molar-refractivity contribution in [3.05, 3.63) is 17.3 Å². The molecule has 20 heavy (non-hydrogen) atoms. The summed E-state index contributed by atoms with van der Waals surface area (Å²) in [6.45, 7) is 8.00. The standard InChI is InChI=1S/C15H22N4S/c1-3-6-19-7-4-12(5-8-19)18-14-13-9-11(2)20-15(13)17-10-16-14/h9-10,12H,3-8H2,1-2H3,(H,16,17,18). The molecule has 3 heterocycles. The fourth-order valence-electron chi connectivity index (χ4n) is 2.90. The van der Waals surface area contributed by atoms with Crippen molar-refractivity contribution in [3.63, 3.8) is 0 Å². The van der Waals surface area contributed by atoms with Gasteiger partial charge in [-0.05, 0) is 38.8 Å². The summed E-state index contributed by atoms with van der Waals surface area (Å²) >= 11 is 1.74. The third-order valence-electron chi connectivity index (χ3n) is 3.92. The summed E-state index contributed by atoms with van der Waals surface area (Å²) in [6.07, 6.45) is 5.33. The van der Waals surface area contributed by atoms with Crippen molar-refractivity contribution in [1.82, 2.24) is 14.9 Å². The number of hydrogen-bond donors (Lipinski definition) is 1. The lowest BCUT2D eigenvalue weighted by molar-refractivity contribution is 0.219. The summed E-state index contributed by atoms with van der Waals surface area (Å²) in [5.74, 6) is 1.01. The van der Waals surface area contributed by atoms with Crippen LogP contribution in [0.4, 0.5) is 5.82 Å². The van der Waals surface area contributed by atoms with Crippen molar-refractivity contribution in [2.24, 2.45) is 0 Å². The van der Waals surface area contributed by atoms with Crippen molar-refractivity contribution in [1.29, 1.82) is 0 Å². The molecule has 0 atom stereocenters. The quantitative estimate of drug-likeness (QED) is 0.938. The third kappa shape index (κ3) is 2.94. The molecule has 2 aromatic heterocycles. The molecule has 0 radical (unpaired) electrons. The molecule has 2 aromatic rings. The predicted molar refractivity (Wildman–Crippen MR) is 85.5 cm³/mol. The van der Waals surface area contributed by atoms with Crippen molar-refractivity contribution in [2.75, 3.05) is 25.0 Å². The molecule has 1 aliphatic heterocycles. The van der Waals surface area contributed by atoms with Crippen LogP contribution in [0.1, 0.15) is 31.1 Å². The Morgan fingerprint density at radius 1 is 1.35 bits per heavy atom. The lowest BCUT2D eigenvalue weighted by Crippen LogP contribution is -2.39. The molecule has 0 amide bonds. The van der Waals surface area contributed by atoms with E-state index in [1.807, 2.05) is 0 Å². The Hall–Kier alpha value is -1.20. The van der Waals surface area contributed by atoms with Gasteiger partial charge in [-0.15, -0.1) is 11.3 Å². The van der Waals surface area contributed by atoms with Gasteiger partial charge in [0.2, 0.25) is 0 Å². The average molecular weight is 290 g/mol. The van der Waals surface area contributed by atoms with Crippen molar-refractivity contribution in [2.45, 2.75) is 39.2 Å². The number of aryl methyl sites for hydroxylation is 1. The largest absolute Gasteiger partial charge is 0.367 e. The van der Waals surface area contributed by atoms with Crippen LogP contribution in [-0.2, 0) is 0 Å². The van der Waals surface area contributed by atoms with Crippen LogP contribution in [0, 0.1) is 6.92 Å². The SMILES string of the molecule is CCCN1CCC(Nc2ncnc3sc(C)cc23)CC1. The molecule has 5 heteroatoms. The number of rotatable bonds is 4. The molecule has 4 nitrogen and oxygen atoms in total. The maximum atomic E-state index is 4.44. The zero-order valence-corrected chi connectivity index (χ0v) is 13.0. The number of aromatic nitrogens is 2. The molecule has 1 fully saturated rings. The van der Waals surface area contributed by atoms with Crippen molar-refractivity contribution >= 4 is 27.4 Å². The first-order valence-electron chi connectivity index (χ1n) is 7.46. The highest BCUT2D eigenvalue weighted by atomic mass is 32.1. The number of piperidine rings is 1. The highest BCUT2D eigenvalue weighted by Crippen LogP contribution is 2.28. The summed E-state index contributed by atoms with van der Waals surface area (Å²) in [5, 5.41) is 4.80. The number of anilines is 1. The van der Waals surface area contributed by atoms with Crippen LogP contribution in [0.2, 0.25) is 0 Å². The first-order chi connectivity index (χ1) is 9.76. The van der Waals surface area contributed by atoms with Crippen LogP contribution < -0.4 is 5.32 Å². The molecule has 1 aliphatic rings. The van der Waals surface area contributed by atoms with Crippen LogP contribution in [0.5, 0.6) is 0 Å². The minimum atomic E-state index is 0.543. The van der Waals surface area contributed by atoms with Crippen molar-refractivity contribution in [3.8, 4) is 0 Å². The topological polar surface area (TPSA) is 41.0 Å². The van der Waals surface area contributed by atoms with Gasteiger partial charge in [0.15, 0.2) is 0 Å². The number of nitrogens with one attached hydrogen (secondary N) is 1. The van der Waals surface area contributed by atoms with Crippen LogP contribution >= 0.6 is 11.3 Å². The maximum Gasteiger partial charge on any atom is 0.138 e. The van der Waals surface area contributed by atoms with E-state index in [9.17, 15) is 0 Å². The minimum absolute atomic E-state index is 0.543. The summed E-state index contributed by atoms with van der Waals surface area (Å²) in [7, 11) is 0. The van der Waals surface area contributed by atoms with Gasteiger partial charge in [-0.1, -0.05) is 6.92 Å². The van der Waals surface area contributed by atoms with Crippen LogP contribution in [-0.4, -0.2) is 40.5 Å². The van der Waals surface area contributed by atoms with Gasteiger partial charge in [-0.2, -0.15) is 0 Å². The number of hydrogen-bond acceptors (Lipinski definition) is 5. The van der Waals surface area contributed by atoms with Gasteiger partial charge in [0.05, 0.1) is 5.39 Å². The first-order valence-corrected chi connectivity index (χ1v) is 8.28. The fraction of sp³-hybridized carbons (Fsp3) is 0.600. The van der Waals surface area contributed by atoms with Crippen LogP contribution in [0.3, 0.4) is 0 Å². The van der Waals surface area contributed by atoms with Gasteiger partial charge in [0.1, 0.15) is 17.0 Å². The lowest BCUT2D eigenvalue weighted by atomic mass is 10.0. The van der Waals surface area contributed by atoms with E-state index in [0.717, 1.165) is 10.6 Å². The molecule has 0 unspecified atom stereocenters. The minimum Gasteiger partial charge on any atom is -0.367 e. The number of nitrogens with zero attached hydrogens (tertiary/aromatic N) is 3. The first kappa shape index (κ1) is 13.8. The Morgan fingerprint density at radius 3 is 2.90 bits per heavy atom. The van der Waals surface area contributed by atoms with Gasteiger partial charge in [0.25, 0.3) is 0 Å². The molecule has 0 aromatic carbocycles. The normalized spacial score (nSPS) is 17.7. The van der Waals surface area contributed by atoms with Crippen LogP contribution in [0.25, 0.3) is 10.2 Å². The molecule has 0 bridgehead atoms. The highest BCUT2D eigenvalue weighted by molar-refractivity contribution is 7.18.